The maximum atomic E-state index is 12.3. The summed E-state index contributed by atoms with van der Waals surface area (Å²) >= 11 is 3.51. The molecule has 1 fully saturated rings. The molecule has 0 aliphatic carbocycles. The maximum absolute atomic E-state index is 12.3. The number of nitriles is 1. The molecule has 6 heteroatoms. The van der Waals surface area contributed by atoms with Crippen molar-refractivity contribution in [2.45, 2.75) is 0 Å². The van der Waals surface area contributed by atoms with Crippen molar-refractivity contribution in [3.63, 3.8) is 0 Å². The summed E-state index contributed by atoms with van der Waals surface area (Å²) in [5.41, 5.74) is 2.27. The molecule has 0 radical (unpaired) electrons. The van der Waals surface area contributed by atoms with Gasteiger partial charge in [0.15, 0.2) is 0 Å². The lowest BCUT2D eigenvalue weighted by molar-refractivity contribution is 0.0746. The first-order valence-electron chi connectivity index (χ1n) is 6.95. The molecule has 5 nitrogen and oxygen atoms in total. The van der Waals surface area contributed by atoms with Crippen LogP contribution in [0, 0.1) is 11.3 Å². The van der Waals surface area contributed by atoms with Gasteiger partial charge >= 0.3 is 0 Å². The fraction of sp³-hybridized carbons (Fsp3) is 0.250. The van der Waals surface area contributed by atoms with E-state index < -0.39 is 0 Å². The number of hydrogen-bond donors (Lipinski definition) is 0. The second-order valence-electron chi connectivity index (χ2n) is 5.07. The van der Waals surface area contributed by atoms with Crippen LogP contribution >= 0.6 is 15.9 Å². The molecule has 1 saturated heterocycles. The van der Waals surface area contributed by atoms with E-state index >= 15 is 0 Å². The predicted molar refractivity (Wildman–Crippen MR) is 85.7 cm³/mol. The first-order chi connectivity index (χ1) is 10.7. The average molecular weight is 360 g/mol. The average Bonchev–Trinajstić information content (AvgIpc) is 3.08. The van der Waals surface area contributed by atoms with Gasteiger partial charge in [0.2, 0.25) is 0 Å². The zero-order valence-corrected chi connectivity index (χ0v) is 13.4. The minimum atomic E-state index is 0.00675. The van der Waals surface area contributed by atoms with Gasteiger partial charge in [0.1, 0.15) is 6.26 Å². The standard InChI is InChI=1S/C16H14BrN3O2/c17-14-9-12(10-18)1-2-15(14)19-4-6-20(7-5-19)16(21)13-3-8-22-11-13/h1-3,8-9,11H,4-7H2. The predicted octanol–water partition coefficient (Wildman–Crippen LogP) is 2.88. The Labute approximate surface area is 136 Å². The minimum absolute atomic E-state index is 0.00675. The van der Waals surface area contributed by atoms with Crippen molar-refractivity contribution in [3.8, 4) is 6.07 Å². The van der Waals surface area contributed by atoms with Gasteiger partial charge in [-0.25, -0.2) is 0 Å². The summed E-state index contributed by atoms with van der Waals surface area (Å²) in [6.45, 7) is 2.84. The van der Waals surface area contributed by atoms with Crippen LogP contribution in [0.4, 0.5) is 5.69 Å². The maximum Gasteiger partial charge on any atom is 0.257 e. The second-order valence-corrected chi connectivity index (χ2v) is 5.92. The Morgan fingerprint density at radius 3 is 2.59 bits per heavy atom. The van der Waals surface area contributed by atoms with Gasteiger partial charge in [0, 0.05) is 30.7 Å². The van der Waals surface area contributed by atoms with Crippen LogP contribution in [0.3, 0.4) is 0 Å². The molecule has 112 valence electrons. The van der Waals surface area contributed by atoms with Gasteiger partial charge in [-0.05, 0) is 40.2 Å². The first kappa shape index (κ1) is 14.7. The highest BCUT2D eigenvalue weighted by atomic mass is 79.9. The molecule has 3 rings (SSSR count). The molecule has 1 aromatic heterocycles. The molecule has 0 atom stereocenters. The van der Waals surface area contributed by atoms with Crippen molar-refractivity contribution < 1.29 is 9.21 Å². The highest BCUT2D eigenvalue weighted by molar-refractivity contribution is 9.10. The number of furan rings is 1. The van der Waals surface area contributed by atoms with Crippen LogP contribution in [0.2, 0.25) is 0 Å². The quantitative estimate of drug-likeness (QED) is 0.826. The van der Waals surface area contributed by atoms with E-state index in [1.54, 1.807) is 6.07 Å². The molecule has 0 saturated carbocycles. The third kappa shape index (κ3) is 2.85. The van der Waals surface area contributed by atoms with E-state index in [9.17, 15) is 4.79 Å². The van der Waals surface area contributed by atoms with Crippen molar-refractivity contribution in [2.75, 3.05) is 31.1 Å². The van der Waals surface area contributed by atoms with Gasteiger partial charge in [0.25, 0.3) is 5.91 Å². The normalized spacial score (nSPS) is 14.7. The zero-order valence-electron chi connectivity index (χ0n) is 11.8. The summed E-state index contributed by atoms with van der Waals surface area (Å²) in [7, 11) is 0. The highest BCUT2D eigenvalue weighted by Crippen LogP contribution is 2.28. The number of amides is 1. The lowest BCUT2D eigenvalue weighted by Gasteiger charge is -2.36. The Hall–Kier alpha value is -2.26. The summed E-state index contributed by atoms with van der Waals surface area (Å²) in [6, 6.07) is 9.38. The number of halogens is 1. The fourth-order valence-electron chi connectivity index (χ4n) is 2.55. The molecular formula is C16H14BrN3O2. The van der Waals surface area contributed by atoms with Crippen molar-refractivity contribution in [2.24, 2.45) is 0 Å². The van der Waals surface area contributed by atoms with Gasteiger partial charge in [0.05, 0.1) is 29.1 Å². The smallest absolute Gasteiger partial charge is 0.257 e. The molecule has 2 heterocycles. The summed E-state index contributed by atoms with van der Waals surface area (Å²) in [5, 5.41) is 8.91. The van der Waals surface area contributed by atoms with Crippen LogP contribution in [0.5, 0.6) is 0 Å². The van der Waals surface area contributed by atoms with Gasteiger partial charge in [-0.3, -0.25) is 4.79 Å². The van der Waals surface area contributed by atoms with Gasteiger partial charge in [-0.2, -0.15) is 5.26 Å². The van der Waals surface area contributed by atoms with Crippen LogP contribution < -0.4 is 4.90 Å². The van der Waals surface area contributed by atoms with E-state index in [0.29, 0.717) is 24.2 Å². The van der Waals surface area contributed by atoms with Crippen molar-refractivity contribution in [1.82, 2.24) is 4.90 Å². The molecule has 0 spiro atoms. The van der Waals surface area contributed by atoms with E-state index in [1.807, 2.05) is 23.1 Å². The number of hydrogen-bond acceptors (Lipinski definition) is 4. The van der Waals surface area contributed by atoms with E-state index in [4.69, 9.17) is 9.68 Å². The van der Waals surface area contributed by atoms with Crippen LogP contribution in [0.15, 0.2) is 45.7 Å². The Balaban J connectivity index is 1.67. The summed E-state index contributed by atoms with van der Waals surface area (Å²) in [4.78, 5) is 16.3. The number of nitrogens with zero attached hydrogens (tertiary/aromatic N) is 3. The number of carbonyl (C=O) groups excluding carboxylic acids is 1. The number of piperazine rings is 1. The van der Waals surface area contributed by atoms with Gasteiger partial charge in [-0.1, -0.05) is 0 Å². The number of rotatable bonds is 2. The number of benzene rings is 1. The number of anilines is 1. The van der Waals surface area contributed by atoms with Crippen LogP contribution in [-0.4, -0.2) is 37.0 Å². The van der Waals surface area contributed by atoms with E-state index in [-0.39, 0.29) is 5.91 Å². The number of carbonyl (C=O) groups is 1. The van der Waals surface area contributed by atoms with E-state index in [0.717, 1.165) is 23.2 Å². The second kappa shape index (κ2) is 6.24. The van der Waals surface area contributed by atoms with Crippen LogP contribution in [0.1, 0.15) is 15.9 Å². The van der Waals surface area contributed by atoms with Gasteiger partial charge < -0.3 is 14.2 Å². The summed E-state index contributed by atoms with van der Waals surface area (Å²) in [5.74, 6) is 0.00675. The van der Waals surface area contributed by atoms with E-state index in [1.165, 1.54) is 12.5 Å². The molecule has 22 heavy (non-hydrogen) atoms. The molecule has 1 aliphatic heterocycles. The lowest BCUT2D eigenvalue weighted by atomic mass is 10.2. The summed E-state index contributed by atoms with van der Waals surface area (Å²) < 4.78 is 5.87. The zero-order chi connectivity index (χ0) is 15.5. The molecular weight excluding hydrogens is 346 g/mol. The Bertz CT molecular complexity index is 713. The van der Waals surface area contributed by atoms with Crippen molar-refractivity contribution in [1.29, 1.82) is 5.26 Å². The monoisotopic (exact) mass is 359 g/mol. The van der Waals surface area contributed by atoms with Gasteiger partial charge in [-0.15, -0.1) is 0 Å². The highest BCUT2D eigenvalue weighted by Gasteiger charge is 2.23. The van der Waals surface area contributed by atoms with Crippen molar-refractivity contribution in [3.05, 3.63) is 52.4 Å². The fourth-order valence-corrected chi connectivity index (χ4v) is 3.18. The van der Waals surface area contributed by atoms with Crippen LogP contribution in [0.25, 0.3) is 0 Å². The molecule has 0 N–H and O–H groups in total. The topological polar surface area (TPSA) is 60.5 Å². The van der Waals surface area contributed by atoms with E-state index in [2.05, 4.69) is 26.9 Å². The molecule has 0 bridgehead atoms. The third-order valence-electron chi connectivity index (χ3n) is 3.75. The SMILES string of the molecule is N#Cc1ccc(N2CCN(C(=O)c3ccoc3)CC2)c(Br)c1. The first-order valence-corrected chi connectivity index (χ1v) is 7.74. The largest absolute Gasteiger partial charge is 0.472 e. The Kier molecular flexibility index (Phi) is 4.16. The molecule has 1 aliphatic rings. The molecule has 2 aromatic rings. The lowest BCUT2D eigenvalue weighted by Crippen LogP contribution is -2.48. The third-order valence-corrected chi connectivity index (χ3v) is 4.39. The molecule has 0 unspecified atom stereocenters. The molecule has 1 aromatic carbocycles. The van der Waals surface area contributed by atoms with Crippen molar-refractivity contribution >= 4 is 27.5 Å². The Morgan fingerprint density at radius 2 is 2.00 bits per heavy atom. The Morgan fingerprint density at radius 1 is 1.23 bits per heavy atom. The molecule has 1 amide bonds. The summed E-state index contributed by atoms with van der Waals surface area (Å²) in [6.07, 6.45) is 2.99. The van der Waals surface area contributed by atoms with Crippen LogP contribution in [-0.2, 0) is 0 Å². The minimum Gasteiger partial charge on any atom is -0.472 e.